The molecule has 0 radical (unpaired) electrons. The molecule has 6 heteroatoms. The molecule has 102 valence electrons. The van der Waals surface area contributed by atoms with Crippen molar-refractivity contribution in [3.05, 3.63) is 29.1 Å². The van der Waals surface area contributed by atoms with Crippen LogP contribution < -0.4 is 5.73 Å². The van der Waals surface area contributed by atoms with E-state index in [9.17, 15) is 8.42 Å². The average Bonchev–Trinajstić information content (AvgIpc) is 2.92. The summed E-state index contributed by atoms with van der Waals surface area (Å²) >= 11 is 1.53. The number of fused-ring (bicyclic) bond motifs is 1. The lowest BCUT2D eigenvalue weighted by Gasteiger charge is -2.16. The number of sulfonamides is 1. The van der Waals surface area contributed by atoms with Crippen LogP contribution in [-0.2, 0) is 10.0 Å². The molecular weight excluding hydrogens is 280 g/mol. The third kappa shape index (κ3) is 2.08. The van der Waals surface area contributed by atoms with E-state index >= 15 is 0 Å². The SMILES string of the molecule is Cc1sc2ccccc2c1S(=O)(=O)N1CCC(N)C1. The molecule has 2 heterocycles. The Morgan fingerprint density at radius 3 is 2.79 bits per heavy atom. The summed E-state index contributed by atoms with van der Waals surface area (Å²) in [4.78, 5) is 1.31. The first-order valence-electron chi connectivity index (χ1n) is 6.24. The Morgan fingerprint density at radius 1 is 1.37 bits per heavy atom. The molecule has 0 spiro atoms. The zero-order valence-electron chi connectivity index (χ0n) is 10.7. The van der Waals surface area contributed by atoms with Gasteiger partial charge in [0.15, 0.2) is 0 Å². The Kier molecular flexibility index (Phi) is 3.13. The molecule has 1 aromatic heterocycles. The van der Waals surface area contributed by atoms with Gasteiger partial charge in [-0.25, -0.2) is 8.42 Å². The number of hydrogen-bond donors (Lipinski definition) is 1. The van der Waals surface area contributed by atoms with Gasteiger partial charge in [0.2, 0.25) is 10.0 Å². The van der Waals surface area contributed by atoms with Gasteiger partial charge in [-0.1, -0.05) is 18.2 Å². The summed E-state index contributed by atoms with van der Waals surface area (Å²) < 4.78 is 28.0. The second kappa shape index (κ2) is 4.56. The molecule has 1 aliphatic heterocycles. The van der Waals surface area contributed by atoms with Crippen LogP contribution in [0.15, 0.2) is 29.2 Å². The fraction of sp³-hybridized carbons (Fsp3) is 0.385. The van der Waals surface area contributed by atoms with Gasteiger partial charge >= 0.3 is 0 Å². The fourth-order valence-corrected chi connectivity index (χ4v) is 5.84. The zero-order valence-corrected chi connectivity index (χ0v) is 12.3. The Balaban J connectivity index is 2.16. The first-order chi connectivity index (χ1) is 9.00. The van der Waals surface area contributed by atoms with E-state index in [0.29, 0.717) is 18.0 Å². The van der Waals surface area contributed by atoms with Crippen LogP contribution in [0.2, 0.25) is 0 Å². The lowest BCUT2D eigenvalue weighted by molar-refractivity contribution is 0.473. The molecule has 0 aliphatic carbocycles. The number of aryl methyl sites for hydroxylation is 1. The Hall–Kier alpha value is -0.950. The summed E-state index contributed by atoms with van der Waals surface area (Å²) in [5.41, 5.74) is 5.82. The molecule has 0 amide bonds. The minimum Gasteiger partial charge on any atom is -0.326 e. The van der Waals surface area contributed by atoms with Crippen LogP contribution in [0.1, 0.15) is 11.3 Å². The van der Waals surface area contributed by atoms with E-state index in [-0.39, 0.29) is 6.04 Å². The third-order valence-corrected chi connectivity index (χ3v) is 6.77. The largest absolute Gasteiger partial charge is 0.326 e. The maximum Gasteiger partial charge on any atom is 0.244 e. The Morgan fingerprint density at radius 2 is 2.11 bits per heavy atom. The van der Waals surface area contributed by atoms with Crippen molar-refractivity contribution in [1.29, 1.82) is 0 Å². The number of nitrogens with zero attached hydrogens (tertiary/aromatic N) is 1. The highest BCUT2D eigenvalue weighted by molar-refractivity contribution is 7.89. The highest BCUT2D eigenvalue weighted by atomic mass is 32.2. The number of benzene rings is 1. The molecule has 2 N–H and O–H groups in total. The van der Waals surface area contributed by atoms with Crippen LogP contribution in [0.5, 0.6) is 0 Å². The van der Waals surface area contributed by atoms with Gasteiger partial charge in [0.25, 0.3) is 0 Å². The van der Waals surface area contributed by atoms with Gasteiger partial charge in [-0.05, 0) is 19.4 Å². The van der Waals surface area contributed by atoms with Gasteiger partial charge in [0.1, 0.15) is 4.90 Å². The van der Waals surface area contributed by atoms with Crippen molar-refractivity contribution in [2.45, 2.75) is 24.3 Å². The Bertz CT molecular complexity index is 721. The van der Waals surface area contributed by atoms with Crippen LogP contribution in [0.3, 0.4) is 0 Å². The Labute approximate surface area is 116 Å². The normalized spacial score (nSPS) is 21.3. The molecule has 3 rings (SSSR count). The van der Waals surface area contributed by atoms with Crippen LogP contribution in [0.4, 0.5) is 0 Å². The fourth-order valence-electron chi connectivity index (χ4n) is 2.57. The van der Waals surface area contributed by atoms with Gasteiger partial charge in [-0.15, -0.1) is 11.3 Å². The van der Waals surface area contributed by atoms with Crippen LogP contribution >= 0.6 is 11.3 Å². The van der Waals surface area contributed by atoms with Crippen molar-refractivity contribution in [3.8, 4) is 0 Å². The van der Waals surface area contributed by atoms with E-state index in [1.165, 1.54) is 15.6 Å². The van der Waals surface area contributed by atoms with Gasteiger partial charge in [0, 0.05) is 34.1 Å². The predicted octanol–water partition coefficient (Wildman–Crippen LogP) is 1.93. The van der Waals surface area contributed by atoms with Gasteiger partial charge in [-0.3, -0.25) is 0 Å². The van der Waals surface area contributed by atoms with Crippen molar-refractivity contribution in [2.24, 2.45) is 5.73 Å². The highest BCUT2D eigenvalue weighted by Gasteiger charge is 2.33. The maximum atomic E-state index is 12.8. The number of nitrogens with two attached hydrogens (primary N) is 1. The van der Waals surface area contributed by atoms with Crippen molar-refractivity contribution < 1.29 is 8.42 Å². The molecule has 19 heavy (non-hydrogen) atoms. The zero-order chi connectivity index (χ0) is 13.6. The first kappa shape index (κ1) is 13.1. The average molecular weight is 296 g/mol. The summed E-state index contributed by atoms with van der Waals surface area (Å²) in [5, 5.41) is 0.825. The van der Waals surface area contributed by atoms with E-state index in [0.717, 1.165) is 21.4 Å². The molecule has 2 aromatic rings. The summed E-state index contributed by atoms with van der Waals surface area (Å²) in [6.45, 7) is 2.81. The van der Waals surface area contributed by atoms with E-state index in [2.05, 4.69) is 0 Å². The molecule has 1 aliphatic rings. The van der Waals surface area contributed by atoms with Gasteiger partial charge < -0.3 is 5.73 Å². The van der Waals surface area contributed by atoms with E-state index in [1.807, 2.05) is 31.2 Å². The summed E-state index contributed by atoms with van der Waals surface area (Å²) in [6.07, 6.45) is 0.736. The van der Waals surface area contributed by atoms with Gasteiger partial charge in [-0.2, -0.15) is 4.31 Å². The van der Waals surface area contributed by atoms with E-state index in [1.54, 1.807) is 0 Å². The molecule has 1 fully saturated rings. The maximum absolute atomic E-state index is 12.8. The van der Waals surface area contributed by atoms with Crippen molar-refractivity contribution >= 4 is 31.4 Å². The third-order valence-electron chi connectivity index (χ3n) is 3.50. The molecule has 1 unspecified atom stereocenters. The van der Waals surface area contributed by atoms with Crippen LogP contribution in [0.25, 0.3) is 10.1 Å². The smallest absolute Gasteiger partial charge is 0.244 e. The summed E-state index contributed by atoms with van der Waals surface area (Å²) in [5.74, 6) is 0. The molecule has 1 atom stereocenters. The van der Waals surface area contributed by atoms with Crippen molar-refractivity contribution in [2.75, 3.05) is 13.1 Å². The van der Waals surface area contributed by atoms with Crippen LogP contribution in [0, 0.1) is 6.92 Å². The lowest BCUT2D eigenvalue weighted by Crippen LogP contribution is -2.32. The second-order valence-electron chi connectivity index (χ2n) is 4.90. The highest BCUT2D eigenvalue weighted by Crippen LogP contribution is 2.36. The van der Waals surface area contributed by atoms with Crippen LogP contribution in [-0.4, -0.2) is 31.9 Å². The first-order valence-corrected chi connectivity index (χ1v) is 8.49. The molecular formula is C13H16N2O2S2. The molecule has 0 bridgehead atoms. The van der Waals surface area contributed by atoms with Gasteiger partial charge in [0.05, 0.1) is 0 Å². The predicted molar refractivity (Wildman–Crippen MR) is 77.9 cm³/mol. The van der Waals surface area contributed by atoms with E-state index in [4.69, 9.17) is 5.73 Å². The quantitative estimate of drug-likeness (QED) is 0.921. The summed E-state index contributed by atoms with van der Waals surface area (Å²) in [6, 6.07) is 7.60. The summed E-state index contributed by atoms with van der Waals surface area (Å²) in [7, 11) is -3.42. The van der Waals surface area contributed by atoms with E-state index < -0.39 is 10.0 Å². The molecule has 0 saturated carbocycles. The minimum absolute atomic E-state index is 0.0417. The van der Waals surface area contributed by atoms with Crippen molar-refractivity contribution in [3.63, 3.8) is 0 Å². The number of rotatable bonds is 2. The lowest BCUT2D eigenvalue weighted by atomic mass is 10.2. The standard InChI is InChI=1S/C13H16N2O2S2/c1-9-13(11-4-2-3-5-12(11)18-9)19(16,17)15-7-6-10(14)8-15/h2-5,10H,6-8,14H2,1H3. The number of thiophene rings is 1. The molecule has 1 aromatic carbocycles. The topological polar surface area (TPSA) is 63.4 Å². The monoisotopic (exact) mass is 296 g/mol. The second-order valence-corrected chi connectivity index (χ2v) is 8.03. The number of hydrogen-bond acceptors (Lipinski definition) is 4. The minimum atomic E-state index is -3.42. The molecule has 4 nitrogen and oxygen atoms in total. The van der Waals surface area contributed by atoms with Crippen molar-refractivity contribution in [1.82, 2.24) is 4.31 Å². The molecule has 1 saturated heterocycles.